The van der Waals surface area contributed by atoms with E-state index in [1.54, 1.807) is 6.07 Å². The van der Waals surface area contributed by atoms with Gasteiger partial charge in [0.2, 0.25) is 5.88 Å². The maximum Gasteiger partial charge on any atom is 0.416 e. The van der Waals surface area contributed by atoms with Crippen molar-refractivity contribution in [2.75, 3.05) is 24.7 Å². The lowest BCUT2D eigenvalue weighted by atomic mass is 10.0. The first-order chi connectivity index (χ1) is 17.0. The smallest absolute Gasteiger partial charge is 0.416 e. The molecule has 0 saturated carbocycles. The van der Waals surface area contributed by atoms with E-state index < -0.39 is 34.8 Å². The van der Waals surface area contributed by atoms with Gasteiger partial charge in [-0.05, 0) is 42.8 Å². The average Bonchev–Trinajstić information content (AvgIpc) is 3.13. The second-order valence-corrected chi connectivity index (χ2v) is 8.83. The second kappa shape index (κ2) is 8.77. The van der Waals surface area contributed by atoms with E-state index in [1.807, 2.05) is 11.8 Å². The van der Waals surface area contributed by atoms with Crippen molar-refractivity contribution in [3.63, 3.8) is 0 Å². The number of halogens is 5. The standard InChI is InChI=1S/C24H20F5N3O4/c1-23-12-31-20(32(23)5-6-34-13-23)10-19(30-22(31)33)35-11-14-7-17(25)21(18(26)8-14)36-16-4-2-3-15(9-16)24(27,28)29/h2-4,7-10H,5-6,11-13H2,1H3/t23-/m1/s1. The normalized spacial score (nSPS) is 19.1. The molecule has 0 spiro atoms. The monoisotopic (exact) mass is 509 g/mol. The van der Waals surface area contributed by atoms with E-state index in [4.69, 9.17) is 14.2 Å². The molecule has 2 aromatic carbocycles. The summed E-state index contributed by atoms with van der Waals surface area (Å²) >= 11 is 0. The fourth-order valence-corrected chi connectivity index (χ4v) is 4.38. The van der Waals surface area contributed by atoms with E-state index in [1.165, 1.54) is 4.57 Å². The van der Waals surface area contributed by atoms with Gasteiger partial charge in [0, 0.05) is 12.6 Å². The Balaban J connectivity index is 1.33. The van der Waals surface area contributed by atoms with Crippen LogP contribution in [0.2, 0.25) is 0 Å². The van der Waals surface area contributed by atoms with Crippen molar-refractivity contribution < 1.29 is 36.2 Å². The third kappa shape index (κ3) is 4.48. The summed E-state index contributed by atoms with van der Waals surface area (Å²) in [6, 6.07) is 7.16. The van der Waals surface area contributed by atoms with Crippen LogP contribution in [0.1, 0.15) is 18.1 Å². The van der Waals surface area contributed by atoms with E-state index in [-0.39, 0.29) is 29.3 Å². The number of rotatable bonds is 5. The molecule has 7 nitrogen and oxygen atoms in total. The van der Waals surface area contributed by atoms with E-state index in [0.29, 0.717) is 38.2 Å². The number of nitrogens with zero attached hydrogens (tertiary/aromatic N) is 3. The fourth-order valence-electron chi connectivity index (χ4n) is 4.38. The SMILES string of the molecule is C[C@@]12COCCN1c1cc(OCc3cc(F)c(Oc4cccc(C(F)(F)F)c4)c(F)c3)nc(=O)n1C2. The molecule has 1 aromatic heterocycles. The van der Waals surface area contributed by atoms with Crippen LogP contribution in [0.3, 0.4) is 0 Å². The van der Waals surface area contributed by atoms with Crippen LogP contribution < -0.4 is 20.1 Å². The van der Waals surface area contributed by atoms with Gasteiger partial charge in [-0.3, -0.25) is 4.57 Å². The zero-order chi connectivity index (χ0) is 25.7. The average molecular weight is 509 g/mol. The Bertz CT molecular complexity index is 1350. The molecule has 190 valence electrons. The number of morpholine rings is 1. The van der Waals surface area contributed by atoms with Crippen molar-refractivity contribution in [1.82, 2.24) is 9.55 Å². The molecular weight excluding hydrogens is 489 g/mol. The van der Waals surface area contributed by atoms with Crippen molar-refractivity contribution in [2.45, 2.75) is 31.8 Å². The van der Waals surface area contributed by atoms with Crippen LogP contribution in [0, 0.1) is 11.6 Å². The number of hydrogen-bond donors (Lipinski definition) is 0. The quantitative estimate of drug-likeness (QED) is 0.472. The largest absolute Gasteiger partial charge is 0.473 e. The van der Waals surface area contributed by atoms with Crippen LogP contribution in [-0.4, -0.2) is 34.8 Å². The number of ether oxygens (including phenoxy) is 3. The molecule has 0 radical (unpaired) electrons. The van der Waals surface area contributed by atoms with E-state index in [2.05, 4.69) is 4.98 Å². The highest BCUT2D eigenvalue weighted by atomic mass is 19.4. The molecule has 3 heterocycles. The van der Waals surface area contributed by atoms with Crippen molar-refractivity contribution in [2.24, 2.45) is 0 Å². The summed E-state index contributed by atoms with van der Waals surface area (Å²) in [5.74, 6) is -2.86. The van der Waals surface area contributed by atoms with Crippen molar-refractivity contribution in [3.05, 3.63) is 75.7 Å². The Morgan fingerprint density at radius 3 is 2.61 bits per heavy atom. The van der Waals surface area contributed by atoms with Crippen LogP contribution in [-0.2, 0) is 24.1 Å². The van der Waals surface area contributed by atoms with E-state index in [9.17, 15) is 26.7 Å². The van der Waals surface area contributed by atoms with Crippen LogP contribution in [0.25, 0.3) is 0 Å². The molecule has 2 aliphatic rings. The first kappa shape index (κ1) is 24.0. The molecule has 1 saturated heterocycles. The molecule has 3 aromatic rings. The molecule has 0 amide bonds. The first-order valence-corrected chi connectivity index (χ1v) is 11.0. The summed E-state index contributed by atoms with van der Waals surface area (Å²) in [4.78, 5) is 18.5. The number of aromatic nitrogens is 2. The predicted octanol–water partition coefficient (Wildman–Crippen LogP) is 4.52. The van der Waals surface area contributed by atoms with Gasteiger partial charge < -0.3 is 19.1 Å². The lowest BCUT2D eigenvalue weighted by molar-refractivity contribution is -0.137. The number of alkyl halides is 3. The Morgan fingerprint density at radius 2 is 1.89 bits per heavy atom. The zero-order valence-corrected chi connectivity index (χ0v) is 18.9. The van der Waals surface area contributed by atoms with Gasteiger partial charge in [-0.25, -0.2) is 13.6 Å². The first-order valence-electron chi connectivity index (χ1n) is 11.0. The highest BCUT2D eigenvalue weighted by molar-refractivity contribution is 5.50. The van der Waals surface area contributed by atoms with Crippen molar-refractivity contribution >= 4 is 5.82 Å². The summed E-state index contributed by atoms with van der Waals surface area (Å²) in [7, 11) is 0. The Morgan fingerprint density at radius 1 is 1.14 bits per heavy atom. The summed E-state index contributed by atoms with van der Waals surface area (Å²) in [6.07, 6.45) is -4.63. The van der Waals surface area contributed by atoms with Gasteiger partial charge in [0.1, 0.15) is 18.2 Å². The molecule has 1 fully saturated rings. The van der Waals surface area contributed by atoms with Crippen LogP contribution in [0.4, 0.5) is 27.8 Å². The lowest BCUT2D eigenvalue weighted by Gasteiger charge is -2.39. The second-order valence-electron chi connectivity index (χ2n) is 8.83. The molecule has 1 atom stereocenters. The van der Waals surface area contributed by atoms with Crippen LogP contribution in [0.15, 0.2) is 47.3 Å². The van der Waals surface area contributed by atoms with Crippen molar-refractivity contribution in [1.29, 1.82) is 0 Å². The molecule has 12 heteroatoms. The lowest BCUT2D eigenvalue weighted by Crippen LogP contribution is -2.53. The minimum Gasteiger partial charge on any atom is -0.473 e. The third-order valence-electron chi connectivity index (χ3n) is 6.09. The molecule has 0 aliphatic carbocycles. The van der Waals surface area contributed by atoms with E-state index >= 15 is 0 Å². The number of benzene rings is 2. The molecule has 36 heavy (non-hydrogen) atoms. The predicted molar refractivity (Wildman–Crippen MR) is 117 cm³/mol. The van der Waals surface area contributed by atoms with Gasteiger partial charge in [-0.2, -0.15) is 18.2 Å². The molecule has 0 unspecified atom stereocenters. The molecule has 2 aliphatic heterocycles. The maximum absolute atomic E-state index is 14.6. The number of anilines is 1. The third-order valence-corrected chi connectivity index (χ3v) is 6.09. The molecular formula is C24H20F5N3O4. The Labute approximate surface area is 201 Å². The summed E-state index contributed by atoms with van der Waals surface area (Å²) in [5.41, 5.74) is -1.84. The number of hydrogen-bond acceptors (Lipinski definition) is 6. The van der Waals surface area contributed by atoms with Gasteiger partial charge in [0.05, 0.1) is 30.9 Å². The molecule has 0 N–H and O–H groups in total. The zero-order valence-electron chi connectivity index (χ0n) is 18.9. The fraction of sp³-hybridized carbons (Fsp3) is 0.333. The minimum atomic E-state index is -4.63. The van der Waals surface area contributed by atoms with Gasteiger partial charge in [-0.1, -0.05) is 6.07 Å². The van der Waals surface area contributed by atoms with Gasteiger partial charge in [-0.15, -0.1) is 0 Å². The molecule has 5 rings (SSSR count). The van der Waals surface area contributed by atoms with E-state index in [0.717, 1.165) is 30.3 Å². The summed E-state index contributed by atoms with van der Waals surface area (Å²) in [5, 5.41) is 0. The Kier molecular flexibility index (Phi) is 5.86. The minimum absolute atomic E-state index is 0.00731. The maximum atomic E-state index is 14.6. The topological polar surface area (TPSA) is 65.8 Å². The van der Waals surface area contributed by atoms with Gasteiger partial charge >= 0.3 is 11.9 Å². The van der Waals surface area contributed by atoms with Crippen molar-refractivity contribution in [3.8, 4) is 17.4 Å². The highest BCUT2D eigenvalue weighted by Crippen LogP contribution is 2.36. The van der Waals surface area contributed by atoms with Crippen LogP contribution >= 0.6 is 0 Å². The van der Waals surface area contributed by atoms with Gasteiger partial charge in [0.25, 0.3) is 0 Å². The molecule has 0 bridgehead atoms. The Hall–Kier alpha value is -3.67. The highest BCUT2D eigenvalue weighted by Gasteiger charge is 2.43. The summed E-state index contributed by atoms with van der Waals surface area (Å²) in [6.45, 7) is 3.64. The summed E-state index contributed by atoms with van der Waals surface area (Å²) < 4.78 is 85.5. The van der Waals surface area contributed by atoms with Crippen LogP contribution in [0.5, 0.6) is 17.4 Å². The van der Waals surface area contributed by atoms with Gasteiger partial charge in [0.15, 0.2) is 17.4 Å². The number of fused-ring (bicyclic) bond motifs is 3.